The number of hydrogen-bond donors (Lipinski definition) is 0. The monoisotopic (exact) mass is 501 g/mol. The number of ether oxygens (including phenoxy) is 2. The molecule has 0 saturated carbocycles. The highest BCUT2D eigenvalue weighted by molar-refractivity contribution is 6.30. The van der Waals surface area contributed by atoms with E-state index in [1.165, 1.54) is 11.9 Å². The standard InChI is InChI=1S/C24H26ClN3O5.C2H6/c1-14-20(18(13-31-6)33-27-14)17-11-12-19(28(5)23(30)32-24(2,3)4)26-21(17)22(29)15-7-9-16(25)10-8-15;1-2/h7-12H,13H2,1-6H3;1-2H3. The van der Waals surface area contributed by atoms with Gasteiger partial charge >= 0.3 is 6.09 Å². The van der Waals surface area contributed by atoms with E-state index in [4.69, 9.17) is 25.6 Å². The van der Waals surface area contributed by atoms with Gasteiger partial charge in [0, 0.05) is 30.3 Å². The summed E-state index contributed by atoms with van der Waals surface area (Å²) < 4.78 is 16.0. The molecule has 0 N–H and O–H groups in total. The molecule has 2 aromatic heterocycles. The molecule has 9 heteroatoms. The summed E-state index contributed by atoms with van der Waals surface area (Å²) in [5.74, 6) is 0.382. The van der Waals surface area contributed by atoms with Gasteiger partial charge in [0.15, 0.2) is 5.76 Å². The summed E-state index contributed by atoms with van der Waals surface area (Å²) in [4.78, 5) is 31.9. The van der Waals surface area contributed by atoms with Crippen LogP contribution in [-0.4, -0.2) is 41.8 Å². The molecule has 0 radical (unpaired) electrons. The van der Waals surface area contributed by atoms with Crippen LogP contribution in [0.5, 0.6) is 0 Å². The fourth-order valence-electron chi connectivity index (χ4n) is 3.16. The van der Waals surface area contributed by atoms with Gasteiger partial charge in [-0.05, 0) is 64.1 Å². The van der Waals surface area contributed by atoms with Crippen LogP contribution < -0.4 is 4.90 Å². The third kappa shape index (κ3) is 6.90. The lowest BCUT2D eigenvalue weighted by molar-refractivity contribution is 0.0588. The molecular formula is C26H32ClN3O5. The maximum absolute atomic E-state index is 13.5. The number of nitrogens with zero attached hydrogens (tertiary/aromatic N) is 3. The van der Waals surface area contributed by atoms with Crippen LogP contribution in [0.4, 0.5) is 10.6 Å². The Morgan fingerprint density at radius 1 is 1.09 bits per heavy atom. The number of aromatic nitrogens is 2. The lowest BCUT2D eigenvalue weighted by atomic mass is 9.97. The van der Waals surface area contributed by atoms with Gasteiger partial charge < -0.3 is 14.0 Å². The Labute approximate surface area is 211 Å². The second kappa shape index (κ2) is 12.0. The number of pyridine rings is 1. The fourth-order valence-corrected chi connectivity index (χ4v) is 3.29. The Morgan fingerprint density at radius 2 is 1.71 bits per heavy atom. The van der Waals surface area contributed by atoms with Crippen LogP contribution in [0.25, 0.3) is 11.1 Å². The SMILES string of the molecule is CC.COCc1onc(C)c1-c1ccc(N(C)C(=O)OC(C)(C)C)nc1C(=O)c1ccc(Cl)cc1. The Balaban J connectivity index is 0.00000210. The highest BCUT2D eigenvalue weighted by Crippen LogP contribution is 2.33. The molecule has 3 aromatic rings. The van der Waals surface area contributed by atoms with Crippen molar-refractivity contribution < 1.29 is 23.6 Å². The minimum absolute atomic E-state index is 0.133. The van der Waals surface area contributed by atoms with E-state index in [1.54, 1.807) is 71.2 Å². The first kappa shape index (κ1) is 28.0. The number of methoxy groups -OCH3 is 1. The number of carbonyl (C=O) groups is 2. The van der Waals surface area contributed by atoms with Gasteiger partial charge in [0.2, 0.25) is 5.78 Å². The second-order valence-corrected chi connectivity index (χ2v) is 8.88. The summed E-state index contributed by atoms with van der Waals surface area (Å²) in [7, 11) is 3.08. The van der Waals surface area contributed by atoms with Crippen LogP contribution in [0.3, 0.4) is 0 Å². The molecule has 0 fully saturated rings. The van der Waals surface area contributed by atoms with Crippen molar-refractivity contribution in [2.75, 3.05) is 19.1 Å². The van der Waals surface area contributed by atoms with E-state index in [-0.39, 0.29) is 23.9 Å². The zero-order chi connectivity index (χ0) is 26.3. The third-order valence-electron chi connectivity index (χ3n) is 4.69. The number of benzene rings is 1. The lowest BCUT2D eigenvalue weighted by Gasteiger charge is -2.24. The number of halogens is 1. The predicted octanol–water partition coefficient (Wildman–Crippen LogP) is 6.47. The van der Waals surface area contributed by atoms with Gasteiger partial charge in [-0.3, -0.25) is 9.69 Å². The van der Waals surface area contributed by atoms with Crippen LogP contribution in [-0.2, 0) is 16.1 Å². The number of aryl methyl sites for hydroxylation is 1. The van der Waals surface area contributed by atoms with Crippen molar-refractivity contribution in [2.45, 2.75) is 53.8 Å². The van der Waals surface area contributed by atoms with Crippen molar-refractivity contribution in [3.05, 3.63) is 64.1 Å². The van der Waals surface area contributed by atoms with Gasteiger partial charge in [0.05, 0.1) is 11.3 Å². The molecule has 2 heterocycles. The summed E-state index contributed by atoms with van der Waals surface area (Å²) in [5.41, 5.74) is 1.57. The van der Waals surface area contributed by atoms with Gasteiger partial charge in [0.25, 0.3) is 0 Å². The number of rotatable bonds is 6. The van der Waals surface area contributed by atoms with E-state index in [0.717, 1.165) is 0 Å². The Hall–Kier alpha value is -3.23. The van der Waals surface area contributed by atoms with E-state index in [1.807, 2.05) is 13.8 Å². The highest BCUT2D eigenvalue weighted by Gasteiger charge is 2.26. The van der Waals surface area contributed by atoms with Crippen molar-refractivity contribution in [3.63, 3.8) is 0 Å². The largest absolute Gasteiger partial charge is 0.443 e. The second-order valence-electron chi connectivity index (χ2n) is 8.44. The molecule has 0 aliphatic carbocycles. The molecule has 0 atom stereocenters. The van der Waals surface area contributed by atoms with E-state index in [0.29, 0.717) is 33.2 Å². The maximum Gasteiger partial charge on any atom is 0.415 e. The summed E-state index contributed by atoms with van der Waals surface area (Å²) in [6.45, 7) is 11.3. The molecule has 1 amide bonds. The van der Waals surface area contributed by atoms with Gasteiger partial charge in [-0.1, -0.05) is 30.6 Å². The number of anilines is 1. The van der Waals surface area contributed by atoms with Crippen LogP contribution in [0.15, 0.2) is 40.9 Å². The Kier molecular flexibility index (Phi) is 9.56. The molecule has 0 unspecified atom stereocenters. The first-order chi connectivity index (χ1) is 16.5. The fraction of sp³-hybridized carbons (Fsp3) is 0.385. The Bertz CT molecular complexity index is 1170. The zero-order valence-corrected chi connectivity index (χ0v) is 22.2. The van der Waals surface area contributed by atoms with Crippen molar-refractivity contribution >= 4 is 29.3 Å². The van der Waals surface area contributed by atoms with Crippen molar-refractivity contribution in [3.8, 4) is 11.1 Å². The van der Waals surface area contributed by atoms with Crippen LogP contribution in [0, 0.1) is 6.92 Å². The molecule has 8 nitrogen and oxygen atoms in total. The number of amides is 1. The maximum atomic E-state index is 13.5. The van der Waals surface area contributed by atoms with Crippen molar-refractivity contribution in [1.82, 2.24) is 10.1 Å². The normalized spacial score (nSPS) is 10.9. The average Bonchev–Trinajstić information content (AvgIpc) is 3.18. The first-order valence-corrected chi connectivity index (χ1v) is 11.6. The molecule has 188 valence electrons. The lowest BCUT2D eigenvalue weighted by Crippen LogP contribution is -2.34. The average molecular weight is 502 g/mol. The van der Waals surface area contributed by atoms with Crippen LogP contribution in [0.1, 0.15) is 62.1 Å². The number of hydrogen-bond acceptors (Lipinski definition) is 7. The van der Waals surface area contributed by atoms with Crippen molar-refractivity contribution in [1.29, 1.82) is 0 Å². The minimum Gasteiger partial charge on any atom is -0.443 e. The zero-order valence-electron chi connectivity index (χ0n) is 21.4. The quantitative estimate of drug-likeness (QED) is 0.357. The van der Waals surface area contributed by atoms with Crippen LogP contribution in [0.2, 0.25) is 5.02 Å². The van der Waals surface area contributed by atoms with E-state index in [9.17, 15) is 9.59 Å². The number of carbonyl (C=O) groups excluding carboxylic acids is 2. The van der Waals surface area contributed by atoms with Gasteiger partial charge in [-0.25, -0.2) is 9.78 Å². The molecule has 0 aliphatic heterocycles. The molecule has 0 spiro atoms. The molecule has 1 aromatic carbocycles. The third-order valence-corrected chi connectivity index (χ3v) is 4.94. The van der Waals surface area contributed by atoms with E-state index >= 15 is 0 Å². The smallest absolute Gasteiger partial charge is 0.415 e. The van der Waals surface area contributed by atoms with Crippen LogP contribution >= 0.6 is 11.6 Å². The highest BCUT2D eigenvalue weighted by atomic mass is 35.5. The molecule has 0 bridgehead atoms. The van der Waals surface area contributed by atoms with Gasteiger partial charge in [0.1, 0.15) is 23.7 Å². The molecule has 3 rings (SSSR count). The summed E-state index contributed by atoms with van der Waals surface area (Å²) in [6.07, 6.45) is -0.589. The minimum atomic E-state index is -0.679. The predicted molar refractivity (Wildman–Crippen MR) is 136 cm³/mol. The van der Waals surface area contributed by atoms with Gasteiger partial charge in [-0.2, -0.15) is 0 Å². The van der Waals surface area contributed by atoms with E-state index < -0.39 is 11.7 Å². The first-order valence-electron chi connectivity index (χ1n) is 11.2. The molecule has 0 aliphatic rings. The van der Waals surface area contributed by atoms with Crippen molar-refractivity contribution in [2.24, 2.45) is 0 Å². The summed E-state index contributed by atoms with van der Waals surface area (Å²) in [5, 5.41) is 4.54. The number of ketones is 1. The Morgan fingerprint density at radius 3 is 2.29 bits per heavy atom. The molecule has 0 saturated heterocycles. The topological polar surface area (TPSA) is 94.8 Å². The van der Waals surface area contributed by atoms with Gasteiger partial charge in [-0.15, -0.1) is 0 Å². The van der Waals surface area contributed by atoms with E-state index in [2.05, 4.69) is 10.1 Å². The molecule has 35 heavy (non-hydrogen) atoms. The summed E-state index contributed by atoms with van der Waals surface area (Å²) >= 11 is 5.99. The summed E-state index contributed by atoms with van der Waals surface area (Å²) in [6, 6.07) is 9.86. The molecular weight excluding hydrogens is 470 g/mol.